The van der Waals surface area contributed by atoms with Crippen molar-refractivity contribution in [1.82, 2.24) is 0 Å². The first-order valence-electron chi connectivity index (χ1n) is 7.98. The van der Waals surface area contributed by atoms with Gasteiger partial charge in [-0.05, 0) is 35.3 Å². The van der Waals surface area contributed by atoms with Crippen LogP contribution in [-0.4, -0.2) is 12.9 Å². The molecule has 122 valence electrons. The quantitative estimate of drug-likeness (QED) is 0.721. The van der Waals surface area contributed by atoms with Crippen molar-refractivity contribution in [3.8, 4) is 5.75 Å². The predicted molar refractivity (Wildman–Crippen MR) is 97.8 cm³/mol. The lowest BCUT2D eigenvalue weighted by Gasteiger charge is -2.06. The van der Waals surface area contributed by atoms with Crippen molar-refractivity contribution in [2.75, 3.05) is 7.11 Å². The molecule has 0 amide bonds. The van der Waals surface area contributed by atoms with Gasteiger partial charge >= 0.3 is 0 Å². The molecule has 0 aliphatic rings. The monoisotopic (exact) mass is 310 g/mol. The van der Waals surface area contributed by atoms with Crippen LogP contribution in [0.4, 0.5) is 0 Å². The molecule has 2 heteroatoms. The zero-order valence-corrected chi connectivity index (χ0v) is 14.3. The number of hydrogen-bond acceptors (Lipinski definition) is 2. The summed E-state index contributed by atoms with van der Waals surface area (Å²) >= 11 is 0. The van der Waals surface area contributed by atoms with Crippen molar-refractivity contribution < 1.29 is 9.53 Å². The van der Waals surface area contributed by atoms with E-state index in [2.05, 4.69) is 37.8 Å². The molecular weight excluding hydrogens is 284 g/mol. The smallest absolute Gasteiger partial charge is 0.136 e. The predicted octanol–water partition coefficient (Wildman–Crippen LogP) is 5.33. The molecule has 0 spiro atoms. The Morgan fingerprint density at radius 2 is 1.74 bits per heavy atom. The van der Waals surface area contributed by atoms with Gasteiger partial charge in [-0.15, -0.1) is 0 Å². The average Bonchev–Trinajstić information content (AvgIpc) is 2.62. The van der Waals surface area contributed by atoms with Gasteiger partial charge in [0.25, 0.3) is 0 Å². The Bertz CT molecular complexity index is 615. The molecule has 0 saturated heterocycles. The lowest BCUT2D eigenvalue weighted by atomic mass is 10.0. The number of carbonyl (C=O) groups excluding carboxylic acids is 1. The topological polar surface area (TPSA) is 26.3 Å². The molecule has 2 rings (SSSR count). The van der Waals surface area contributed by atoms with Gasteiger partial charge in [-0.3, -0.25) is 4.79 Å². The summed E-state index contributed by atoms with van der Waals surface area (Å²) < 4.78 is 5.11. The number of hydrogen-bond donors (Lipinski definition) is 0. The van der Waals surface area contributed by atoms with Crippen molar-refractivity contribution in [3.63, 3.8) is 0 Å². The van der Waals surface area contributed by atoms with E-state index in [0.29, 0.717) is 12.8 Å². The first-order chi connectivity index (χ1) is 11.1. The van der Waals surface area contributed by atoms with Crippen LogP contribution >= 0.6 is 0 Å². The maximum Gasteiger partial charge on any atom is 0.136 e. The average molecular weight is 310 g/mol. The number of ether oxygens (including phenoxy) is 1. The van der Waals surface area contributed by atoms with Crippen LogP contribution in [0, 0.1) is 0 Å². The molecule has 0 N–H and O–H groups in total. The van der Waals surface area contributed by atoms with Crippen molar-refractivity contribution in [1.29, 1.82) is 0 Å². The molecule has 0 heterocycles. The van der Waals surface area contributed by atoms with E-state index in [9.17, 15) is 4.79 Å². The Morgan fingerprint density at radius 3 is 2.26 bits per heavy atom. The Morgan fingerprint density at radius 1 is 1.04 bits per heavy atom. The fourth-order valence-electron chi connectivity index (χ4n) is 2.02. The van der Waals surface area contributed by atoms with E-state index >= 15 is 0 Å². The van der Waals surface area contributed by atoms with Gasteiger partial charge in [0.15, 0.2) is 0 Å². The van der Waals surface area contributed by atoms with Crippen molar-refractivity contribution >= 4 is 11.4 Å². The number of benzene rings is 2. The molecule has 23 heavy (non-hydrogen) atoms. The van der Waals surface area contributed by atoms with E-state index in [1.165, 1.54) is 5.56 Å². The number of aryl methyl sites for hydroxylation is 1. The molecular formula is C21H26O2. The summed E-state index contributed by atoms with van der Waals surface area (Å²) in [5.74, 6) is 1.00. The van der Waals surface area contributed by atoms with Crippen molar-refractivity contribution in [2.24, 2.45) is 0 Å². The highest BCUT2D eigenvalue weighted by Crippen LogP contribution is 2.21. The van der Waals surface area contributed by atoms with Gasteiger partial charge in [-0.25, -0.2) is 0 Å². The fraction of sp³-hybridized carbons (Fsp3) is 0.286. The molecule has 0 unspecified atom stereocenters. The van der Waals surface area contributed by atoms with E-state index in [-0.39, 0.29) is 5.78 Å². The summed E-state index contributed by atoms with van der Waals surface area (Å²) in [6, 6.07) is 18.1. The second kappa shape index (κ2) is 10.4. The van der Waals surface area contributed by atoms with Gasteiger partial charge in [0, 0.05) is 12.8 Å². The van der Waals surface area contributed by atoms with Gasteiger partial charge in [-0.1, -0.05) is 62.9 Å². The highest BCUT2D eigenvalue weighted by atomic mass is 16.5. The summed E-state index contributed by atoms with van der Waals surface area (Å²) in [5, 5.41) is 0. The molecule has 2 aromatic carbocycles. The summed E-state index contributed by atoms with van der Waals surface area (Å²) in [4.78, 5) is 11.3. The lowest BCUT2D eigenvalue weighted by Crippen LogP contribution is -1.96. The van der Waals surface area contributed by atoms with Crippen LogP contribution in [0.5, 0.6) is 5.75 Å². The first-order valence-corrected chi connectivity index (χ1v) is 7.98. The number of ketones is 1. The Kier molecular flexibility index (Phi) is 8.45. The first kappa shape index (κ1) is 18.7. The maximum absolute atomic E-state index is 11.3. The third-order valence-corrected chi connectivity index (χ3v) is 3.53. The van der Waals surface area contributed by atoms with Crippen molar-refractivity contribution in [3.05, 3.63) is 72.3 Å². The molecule has 0 fully saturated rings. The minimum absolute atomic E-state index is 0.211. The van der Waals surface area contributed by atoms with Crippen LogP contribution in [0.25, 0.3) is 5.57 Å². The fourth-order valence-corrected chi connectivity index (χ4v) is 2.02. The van der Waals surface area contributed by atoms with Gasteiger partial charge in [-0.2, -0.15) is 0 Å². The SMILES string of the molecule is C=C(CC(=O)CC)c1cccc(OC)c1.CCc1ccccc1. The maximum atomic E-state index is 11.3. The summed E-state index contributed by atoms with van der Waals surface area (Å²) in [7, 11) is 1.62. The Labute approximate surface area is 139 Å². The van der Waals surface area contributed by atoms with E-state index in [1.807, 2.05) is 37.3 Å². The molecule has 2 aromatic rings. The number of methoxy groups -OCH3 is 1. The molecule has 0 aromatic heterocycles. The van der Waals surface area contributed by atoms with Crippen molar-refractivity contribution in [2.45, 2.75) is 33.1 Å². The minimum atomic E-state index is 0.211. The summed E-state index contributed by atoms with van der Waals surface area (Å²) in [6.45, 7) is 7.94. The van der Waals surface area contributed by atoms with Crippen LogP contribution < -0.4 is 4.74 Å². The largest absolute Gasteiger partial charge is 0.497 e. The molecule has 0 atom stereocenters. The number of carbonyl (C=O) groups is 1. The standard InChI is InChI=1S/C13H16O2.C8H10/c1-4-12(14)8-10(2)11-6-5-7-13(9-11)15-3;1-2-8-6-4-3-5-7-8/h5-7,9H,2,4,8H2,1,3H3;3-7H,2H2,1H3. The normalized spacial score (nSPS) is 9.52. The molecule has 0 bridgehead atoms. The van der Waals surface area contributed by atoms with E-state index in [4.69, 9.17) is 4.74 Å². The van der Waals surface area contributed by atoms with Crippen LogP contribution in [0.1, 0.15) is 37.8 Å². The Balaban J connectivity index is 0.000000277. The van der Waals surface area contributed by atoms with E-state index in [0.717, 1.165) is 23.3 Å². The number of Topliss-reactive ketones (excluding diaryl/α,β-unsaturated/α-hetero) is 1. The number of rotatable bonds is 6. The van der Waals surface area contributed by atoms with E-state index < -0.39 is 0 Å². The Hall–Kier alpha value is -2.35. The molecule has 0 radical (unpaired) electrons. The van der Waals surface area contributed by atoms with Crippen LogP contribution in [0.3, 0.4) is 0 Å². The van der Waals surface area contributed by atoms with Gasteiger partial charge < -0.3 is 4.74 Å². The third kappa shape index (κ3) is 6.96. The second-order valence-electron chi connectivity index (χ2n) is 5.24. The molecule has 0 saturated carbocycles. The molecule has 0 aliphatic heterocycles. The minimum Gasteiger partial charge on any atom is -0.497 e. The zero-order chi connectivity index (χ0) is 17.1. The summed E-state index contributed by atoms with van der Waals surface area (Å²) in [5.41, 5.74) is 3.23. The van der Waals surface area contributed by atoms with Crippen LogP contribution in [0.15, 0.2) is 61.2 Å². The highest BCUT2D eigenvalue weighted by molar-refractivity contribution is 5.89. The highest BCUT2D eigenvalue weighted by Gasteiger charge is 2.05. The van der Waals surface area contributed by atoms with E-state index in [1.54, 1.807) is 7.11 Å². The van der Waals surface area contributed by atoms with Crippen LogP contribution in [0.2, 0.25) is 0 Å². The summed E-state index contributed by atoms with van der Waals surface area (Å²) in [6.07, 6.45) is 2.12. The zero-order valence-electron chi connectivity index (χ0n) is 14.3. The van der Waals surface area contributed by atoms with Gasteiger partial charge in [0.05, 0.1) is 7.11 Å². The number of allylic oxidation sites excluding steroid dienone is 1. The lowest BCUT2D eigenvalue weighted by molar-refractivity contribution is -0.117. The van der Waals surface area contributed by atoms with Gasteiger partial charge in [0.1, 0.15) is 11.5 Å². The molecule has 2 nitrogen and oxygen atoms in total. The second-order valence-corrected chi connectivity index (χ2v) is 5.24. The van der Waals surface area contributed by atoms with Gasteiger partial charge in [0.2, 0.25) is 0 Å². The van der Waals surface area contributed by atoms with Crippen LogP contribution in [-0.2, 0) is 11.2 Å². The molecule has 0 aliphatic carbocycles. The third-order valence-electron chi connectivity index (χ3n) is 3.53.